The SMILES string of the molecule is NC(=O)[C@H]1CCC[C@@H](NC(=O)O)C1. The maximum absolute atomic E-state index is 10.8. The molecule has 0 unspecified atom stereocenters. The van der Waals surface area contributed by atoms with Gasteiger partial charge in [-0.1, -0.05) is 6.42 Å². The molecule has 0 aliphatic heterocycles. The number of nitrogens with one attached hydrogen (secondary N) is 1. The van der Waals surface area contributed by atoms with Gasteiger partial charge in [-0.15, -0.1) is 0 Å². The van der Waals surface area contributed by atoms with E-state index in [-0.39, 0.29) is 17.9 Å². The monoisotopic (exact) mass is 186 g/mol. The molecule has 0 aromatic carbocycles. The number of amides is 2. The molecule has 0 aromatic rings. The first-order valence-electron chi connectivity index (χ1n) is 4.38. The fraction of sp³-hybridized carbons (Fsp3) is 0.750. The minimum absolute atomic E-state index is 0.108. The second-order valence-corrected chi connectivity index (χ2v) is 3.41. The summed E-state index contributed by atoms with van der Waals surface area (Å²) in [5, 5.41) is 10.8. The number of primary amides is 1. The molecule has 0 aromatic heterocycles. The molecule has 2 amide bonds. The van der Waals surface area contributed by atoms with Crippen LogP contribution in [0.3, 0.4) is 0 Å². The van der Waals surface area contributed by atoms with E-state index < -0.39 is 6.09 Å². The second-order valence-electron chi connectivity index (χ2n) is 3.41. The number of hydrogen-bond donors (Lipinski definition) is 3. The lowest BCUT2D eigenvalue weighted by atomic mass is 9.85. The van der Waals surface area contributed by atoms with Crippen molar-refractivity contribution in [3.05, 3.63) is 0 Å². The summed E-state index contributed by atoms with van der Waals surface area (Å²) >= 11 is 0. The minimum atomic E-state index is -1.03. The van der Waals surface area contributed by atoms with Crippen molar-refractivity contribution in [2.75, 3.05) is 0 Å². The highest BCUT2D eigenvalue weighted by Gasteiger charge is 2.26. The zero-order valence-corrected chi connectivity index (χ0v) is 7.32. The van der Waals surface area contributed by atoms with Crippen molar-refractivity contribution in [1.82, 2.24) is 5.32 Å². The Kier molecular flexibility index (Phi) is 3.11. The van der Waals surface area contributed by atoms with E-state index in [0.29, 0.717) is 6.42 Å². The van der Waals surface area contributed by atoms with Gasteiger partial charge in [0.15, 0.2) is 0 Å². The molecule has 1 saturated carbocycles. The molecule has 0 radical (unpaired) electrons. The summed E-state index contributed by atoms with van der Waals surface area (Å²) in [6, 6.07) is -0.108. The van der Waals surface area contributed by atoms with Crippen LogP contribution in [0.1, 0.15) is 25.7 Å². The third kappa shape index (κ3) is 2.93. The van der Waals surface area contributed by atoms with Gasteiger partial charge in [0.1, 0.15) is 0 Å². The van der Waals surface area contributed by atoms with Gasteiger partial charge >= 0.3 is 6.09 Å². The molecule has 4 N–H and O–H groups in total. The Morgan fingerprint density at radius 3 is 2.62 bits per heavy atom. The van der Waals surface area contributed by atoms with Crippen LogP contribution in [0.2, 0.25) is 0 Å². The standard InChI is InChI=1S/C8H14N2O3/c9-7(11)5-2-1-3-6(4-5)10-8(12)13/h5-6,10H,1-4H2,(H2,9,11)(H,12,13)/t5-,6+/m0/s1. The Morgan fingerprint density at radius 1 is 1.38 bits per heavy atom. The molecule has 1 rings (SSSR count). The molecule has 13 heavy (non-hydrogen) atoms. The minimum Gasteiger partial charge on any atom is -0.465 e. The molecule has 74 valence electrons. The van der Waals surface area contributed by atoms with Crippen LogP contribution in [0, 0.1) is 5.92 Å². The van der Waals surface area contributed by atoms with Crippen LogP contribution in [0.15, 0.2) is 0 Å². The molecule has 1 fully saturated rings. The van der Waals surface area contributed by atoms with E-state index in [1.54, 1.807) is 0 Å². The van der Waals surface area contributed by atoms with Gasteiger partial charge in [0.05, 0.1) is 0 Å². The van der Waals surface area contributed by atoms with Gasteiger partial charge in [-0.25, -0.2) is 4.79 Å². The summed E-state index contributed by atoms with van der Waals surface area (Å²) in [5.74, 6) is -0.484. The van der Waals surface area contributed by atoms with Crippen LogP contribution in [0.4, 0.5) is 4.79 Å². The average Bonchev–Trinajstić information content (AvgIpc) is 2.03. The van der Waals surface area contributed by atoms with E-state index in [0.717, 1.165) is 19.3 Å². The van der Waals surface area contributed by atoms with Crippen LogP contribution < -0.4 is 11.1 Å². The molecule has 0 spiro atoms. The molecule has 1 aliphatic carbocycles. The number of nitrogens with two attached hydrogens (primary N) is 1. The number of carbonyl (C=O) groups excluding carboxylic acids is 1. The topological polar surface area (TPSA) is 92.4 Å². The highest BCUT2D eigenvalue weighted by atomic mass is 16.4. The maximum Gasteiger partial charge on any atom is 0.404 e. The van der Waals surface area contributed by atoms with Crippen LogP contribution in [-0.2, 0) is 4.79 Å². The van der Waals surface area contributed by atoms with Crippen molar-refractivity contribution in [2.45, 2.75) is 31.7 Å². The van der Waals surface area contributed by atoms with Crippen molar-refractivity contribution in [3.8, 4) is 0 Å². The van der Waals surface area contributed by atoms with Gasteiger partial charge < -0.3 is 16.2 Å². The zero-order chi connectivity index (χ0) is 9.84. The van der Waals surface area contributed by atoms with E-state index in [1.165, 1.54) is 0 Å². The molecule has 0 bridgehead atoms. The predicted molar refractivity (Wildman–Crippen MR) is 46.1 cm³/mol. The first-order chi connectivity index (χ1) is 6.09. The lowest BCUT2D eigenvalue weighted by Gasteiger charge is -2.26. The summed E-state index contributed by atoms with van der Waals surface area (Å²) in [6.07, 6.45) is 1.96. The molecule has 1 aliphatic rings. The quantitative estimate of drug-likeness (QED) is 0.579. The third-order valence-electron chi connectivity index (χ3n) is 2.40. The van der Waals surface area contributed by atoms with Crippen LogP contribution in [0.5, 0.6) is 0 Å². The lowest BCUT2D eigenvalue weighted by molar-refractivity contribution is -0.122. The van der Waals surface area contributed by atoms with E-state index in [2.05, 4.69) is 5.32 Å². The Bertz CT molecular complexity index is 217. The van der Waals surface area contributed by atoms with Gasteiger partial charge in [-0.2, -0.15) is 0 Å². The molecule has 0 saturated heterocycles. The van der Waals surface area contributed by atoms with E-state index in [4.69, 9.17) is 10.8 Å². The molecular formula is C8H14N2O3. The van der Waals surface area contributed by atoms with Gasteiger partial charge in [-0.3, -0.25) is 4.79 Å². The predicted octanol–water partition coefficient (Wildman–Crippen LogP) is 0.298. The van der Waals surface area contributed by atoms with Gasteiger partial charge in [0.25, 0.3) is 0 Å². The summed E-state index contributed by atoms with van der Waals surface area (Å²) < 4.78 is 0. The smallest absolute Gasteiger partial charge is 0.404 e. The summed E-state index contributed by atoms with van der Waals surface area (Å²) in [7, 11) is 0. The van der Waals surface area contributed by atoms with Crippen molar-refractivity contribution < 1.29 is 14.7 Å². The maximum atomic E-state index is 10.8. The summed E-state index contributed by atoms with van der Waals surface area (Å²) in [4.78, 5) is 21.1. The Hall–Kier alpha value is -1.26. The first kappa shape index (κ1) is 9.83. The number of carbonyl (C=O) groups is 2. The normalized spacial score (nSPS) is 28.0. The highest BCUT2D eigenvalue weighted by Crippen LogP contribution is 2.23. The van der Waals surface area contributed by atoms with E-state index in [1.807, 2.05) is 0 Å². The fourth-order valence-electron chi connectivity index (χ4n) is 1.75. The van der Waals surface area contributed by atoms with E-state index in [9.17, 15) is 9.59 Å². The largest absolute Gasteiger partial charge is 0.465 e. The Balaban J connectivity index is 2.41. The molecule has 0 heterocycles. The number of rotatable bonds is 2. The van der Waals surface area contributed by atoms with Crippen LogP contribution >= 0.6 is 0 Å². The molecule has 5 nitrogen and oxygen atoms in total. The fourth-order valence-corrected chi connectivity index (χ4v) is 1.75. The Morgan fingerprint density at radius 2 is 2.08 bits per heavy atom. The highest BCUT2D eigenvalue weighted by molar-refractivity contribution is 5.76. The van der Waals surface area contributed by atoms with Crippen LogP contribution in [-0.4, -0.2) is 23.1 Å². The van der Waals surface area contributed by atoms with Crippen molar-refractivity contribution in [3.63, 3.8) is 0 Å². The van der Waals surface area contributed by atoms with Crippen molar-refractivity contribution >= 4 is 12.0 Å². The lowest BCUT2D eigenvalue weighted by Crippen LogP contribution is -2.40. The molecule has 5 heteroatoms. The summed E-state index contributed by atoms with van der Waals surface area (Å²) in [5.41, 5.74) is 5.15. The zero-order valence-electron chi connectivity index (χ0n) is 7.32. The van der Waals surface area contributed by atoms with Crippen molar-refractivity contribution in [2.24, 2.45) is 11.7 Å². The van der Waals surface area contributed by atoms with Crippen molar-refractivity contribution in [1.29, 1.82) is 0 Å². The van der Waals surface area contributed by atoms with Gasteiger partial charge in [0, 0.05) is 12.0 Å². The molecular weight excluding hydrogens is 172 g/mol. The summed E-state index contributed by atoms with van der Waals surface area (Å²) in [6.45, 7) is 0. The van der Waals surface area contributed by atoms with Crippen LogP contribution in [0.25, 0.3) is 0 Å². The Labute approximate surface area is 76.3 Å². The van der Waals surface area contributed by atoms with Gasteiger partial charge in [0.2, 0.25) is 5.91 Å². The number of carboxylic acid groups (broad SMARTS) is 1. The van der Waals surface area contributed by atoms with E-state index >= 15 is 0 Å². The second kappa shape index (κ2) is 4.11. The molecule has 2 atom stereocenters. The number of hydrogen-bond acceptors (Lipinski definition) is 2. The first-order valence-corrected chi connectivity index (χ1v) is 4.38. The average molecular weight is 186 g/mol. The third-order valence-corrected chi connectivity index (χ3v) is 2.40. The van der Waals surface area contributed by atoms with Gasteiger partial charge in [-0.05, 0) is 19.3 Å².